The molecule has 0 atom stereocenters. The minimum atomic E-state index is -0.636. The van der Waals surface area contributed by atoms with Gasteiger partial charge in [0.25, 0.3) is 5.91 Å². The van der Waals surface area contributed by atoms with E-state index in [1.165, 1.54) is 35.3 Å². The Morgan fingerprint density at radius 2 is 1.79 bits per heavy atom. The number of rotatable bonds is 3. The van der Waals surface area contributed by atoms with E-state index >= 15 is 0 Å². The van der Waals surface area contributed by atoms with Crippen LogP contribution in [0.5, 0.6) is 0 Å². The number of aryl methyl sites for hydroxylation is 2. The minimum absolute atomic E-state index is 0.390. The summed E-state index contributed by atoms with van der Waals surface area (Å²) in [6, 6.07) is 14.4. The molecule has 0 radical (unpaired) electrons. The van der Waals surface area contributed by atoms with E-state index in [4.69, 9.17) is 0 Å². The molecule has 3 amide bonds. The van der Waals surface area contributed by atoms with E-state index in [0.717, 1.165) is 28.4 Å². The Bertz CT molecular complexity index is 1020. The molecule has 1 N–H and O–H groups in total. The summed E-state index contributed by atoms with van der Waals surface area (Å²) in [4.78, 5) is 29.2. The third-order valence-corrected chi connectivity index (χ3v) is 5.89. The van der Waals surface area contributed by atoms with Gasteiger partial charge >= 0.3 is 6.03 Å². The highest BCUT2D eigenvalue weighted by Crippen LogP contribution is 2.29. The number of nitrogens with one attached hydrogen (secondary N) is 1. The first-order valence-corrected chi connectivity index (χ1v) is 10.4. The summed E-state index contributed by atoms with van der Waals surface area (Å²) < 4.78 is 0.759. The van der Waals surface area contributed by atoms with Crippen LogP contribution in [0.1, 0.15) is 34.3 Å². The lowest BCUT2D eigenvalue weighted by Crippen LogP contribution is -2.32. The lowest BCUT2D eigenvalue weighted by atomic mass is 9.90. The van der Waals surface area contributed by atoms with Crippen molar-refractivity contribution in [3.8, 4) is 11.3 Å². The van der Waals surface area contributed by atoms with Crippen LogP contribution in [0.2, 0.25) is 0 Å². The van der Waals surface area contributed by atoms with Crippen LogP contribution in [0.15, 0.2) is 53.9 Å². The van der Waals surface area contributed by atoms with Gasteiger partial charge in [-0.15, -0.1) is 11.3 Å². The van der Waals surface area contributed by atoms with Gasteiger partial charge in [-0.3, -0.25) is 10.1 Å². The average molecular weight is 410 g/mol. The van der Waals surface area contributed by atoms with Gasteiger partial charge in [0.15, 0.2) is 5.13 Å². The van der Waals surface area contributed by atoms with Crippen LogP contribution in [0.25, 0.3) is 11.3 Å². The second-order valence-corrected chi connectivity index (χ2v) is 7.90. The van der Waals surface area contributed by atoms with Gasteiger partial charge in [-0.05, 0) is 55.0 Å². The Morgan fingerprint density at radius 3 is 2.57 bits per heavy atom. The van der Waals surface area contributed by atoms with Crippen molar-refractivity contribution in [1.29, 1.82) is 0 Å². The Hall–Kier alpha value is -2.64. The number of benzene rings is 2. The summed E-state index contributed by atoms with van der Waals surface area (Å²) >= 11 is 5.36. The van der Waals surface area contributed by atoms with E-state index in [9.17, 15) is 9.59 Å². The molecule has 1 aliphatic rings. The molecule has 7 heteroatoms. The Kier molecular flexibility index (Phi) is 5.45. The number of nitrogens with zero attached hydrogens (tertiary/aromatic N) is 2. The van der Waals surface area contributed by atoms with Crippen molar-refractivity contribution in [2.24, 2.45) is 0 Å². The van der Waals surface area contributed by atoms with Gasteiger partial charge in [0.2, 0.25) is 0 Å². The fraction of sp³-hybridized carbons (Fsp3) is 0.190. The van der Waals surface area contributed by atoms with E-state index < -0.39 is 11.9 Å². The van der Waals surface area contributed by atoms with Gasteiger partial charge < -0.3 is 0 Å². The minimum Gasteiger partial charge on any atom is -0.282 e. The molecule has 0 saturated heterocycles. The second-order valence-electron chi connectivity index (χ2n) is 6.64. The molecule has 142 valence electrons. The fourth-order valence-electron chi connectivity index (χ4n) is 3.30. The van der Waals surface area contributed by atoms with Crippen molar-refractivity contribution < 1.29 is 9.59 Å². The molecule has 1 aliphatic carbocycles. The molecular weight excluding hydrogens is 390 g/mol. The highest BCUT2D eigenvalue weighted by Gasteiger charge is 2.21. The van der Waals surface area contributed by atoms with Gasteiger partial charge in [-0.25, -0.2) is 14.1 Å². The normalized spacial score (nSPS) is 12.9. The average Bonchev–Trinajstić information content (AvgIpc) is 3.21. The van der Waals surface area contributed by atoms with Gasteiger partial charge in [-0.1, -0.05) is 43.1 Å². The van der Waals surface area contributed by atoms with Crippen LogP contribution >= 0.6 is 24.2 Å². The molecule has 4 rings (SSSR count). The van der Waals surface area contributed by atoms with Gasteiger partial charge in [0, 0.05) is 16.5 Å². The number of carbonyl (C=O) groups excluding carboxylic acids is 2. The second kappa shape index (κ2) is 8.16. The van der Waals surface area contributed by atoms with Crippen molar-refractivity contribution in [2.45, 2.75) is 25.7 Å². The SMILES string of the molecule is O=C(Nc1nc(-c2ccc3c(c2)CCCC3)cs1)N(S)C(=O)c1ccccc1. The molecule has 2 aromatic carbocycles. The zero-order valence-electron chi connectivity index (χ0n) is 15.1. The Labute approximate surface area is 173 Å². The molecule has 0 aliphatic heterocycles. The van der Waals surface area contributed by atoms with E-state index in [0.29, 0.717) is 10.7 Å². The number of thiol groups is 1. The largest absolute Gasteiger partial charge is 0.340 e. The smallest absolute Gasteiger partial charge is 0.282 e. The lowest BCUT2D eigenvalue weighted by molar-refractivity contribution is 0.0902. The molecule has 0 saturated carbocycles. The molecule has 0 unspecified atom stereocenters. The summed E-state index contributed by atoms with van der Waals surface area (Å²) in [6.07, 6.45) is 4.72. The number of imide groups is 1. The topological polar surface area (TPSA) is 62.3 Å². The number of amides is 3. The standard InChI is InChI=1S/C21H19N3O2S2/c25-19(15-7-2-1-3-8-15)24(27)21(26)23-20-22-18(13-28-20)17-11-10-14-6-4-5-9-16(14)12-17/h1-3,7-8,10-13,27H,4-6,9H2,(H,22,23,26). The van der Waals surface area contributed by atoms with Crippen LogP contribution in [-0.4, -0.2) is 21.2 Å². The van der Waals surface area contributed by atoms with Gasteiger partial charge in [0.1, 0.15) is 0 Å². The number of anilines is 1. The van der Waals surface area contributed by atoms with Gasteiger partial charge in [-0.2, -0.15) is 0 Å². The maximum absolute atomic E-state index is 12.3. The summed E-state index contributed by atoms with van der Waals surface area (Å²) in [6.45, 7) is 0. The first-order valence-electron chi connectivity index (χ1n) is 9.09. The van der Waals surface area contributed by atoms with E-state index in [1.54, 1.807) is 30.3 Å². The highest BCUT2D eigenvalue weighted by molar-refractivity contribution is 7.79. The first-order chi connectivity index (χ1) is 13.6. The van der Waals surface area contributed by atoms with Crippen LogP contribution in [0.4, 0.5) is 9.93 Å². The third-order valence-electron chi connectivity index (χ3n) is 4.77. The molecule has 1 heterocycles. The lowest BCUT2D eigenvalue weighted by Gasteiger charge is -2.16. The molecule has 0 bridgehead atoms. The van der Waals surface area contributed by atoms with Crippen molar-refractivity contribution in [3.05, 3.63) is 70.6 Å². The molecular formula is C21H19N3O2S2. The van der Waals surface area contributed by atoms with Crippen molar-refractivity contribution in [3.63, 3.8) is 0 Å². The zero-order valence-corrected chi connectivity index (χ0v) is 16.8. The summed E-state index contributed by atoms with van der Waals surface area (Å²) in [7, 11) is 0. The summed E-state index contributed by atoms with van der Waals surface area (Å²) in [5, 5.41) is 4.98. The molecule has 5 nitrogen and oxygen atoms in total. The predicted molar refractivity (Wildman–Crippen MR) is 115 cm³/mol. The number of aromatic nitrogens is 1. The van der Waals surface area contributed by atoms with E-state index in [2.05, 4.69) is 41.3 Å². The number of urea groups is 1. The van der Waals surface area contributed by atoms with Gasteiger partial charge in [0.05, 0.1) is 5.69 Å². The number of thiazole rings is 1. The molecule has 0 fully saturated rings. The maximum Gasteiger partial charge on any atom is 0.340 e. The number of fused-ring (bicyclic) bond motifs is 1. The van der Waals surface area contributed by atoms with Crippen molar-refractivity contribution in [2.75, 3.05) is 5.32 Å². The van der Waals surface area contributed by atoms with E-state index in [1.807, 2.05) is 5.38 Å². The molecule has 28 heavy (non-hydrogen) atoms. The maximum atomic E-state index is 12.3. The third kappa shape index (κ3) is 3.95. The quantitative estimate of drug-likeness (QED) is 0.584. The zero-order chi connectivity index (χ0) is 19.5. The highest BCUT2D eigenvalue weighted by atomic mass is 32.1. The van der Waals surface area contributed by atoms with Crippen LogP contribution in [-0.2, 0) is 12.8 Å². The first kappa shape index (κ1) is 18.7. The van der Waals surface area contributed by atoms with Crippen LogP contribution in [0, 0.1) is 0 Å². The molecule has 3 aromatic rings. The number of hydrogen-bond acceptors (Lipinski definition) is 5. The summed E-state index contributed by atoms with van der Waals surface area (Å²) in [5.41, 5.74) is 5.05. The summed E-state index contributed by atoms with van der Waals surface area (Å²) in [5.74, 6) is -0.493. The Morgan fingerprint density at radius 1 is 1.04 bits per heavy atom. The number of carbonyl (C=O) groups is 2. The number of hydrogen-bond donors (Lipinski definition) is 2. The van der Waals surface area contributed by atoms with Crippen LogP contribution < -0.4 is 5.32 Å². The van der Waals surface area contributed by atoms with Crippen molar-refractivity contribution in [1.82, 2.24) is 9.29 Å². The fourth-order valence-corrected chi connectivity index (χ4v) is 4.17. The van der Waals surface area contributed by atoms with Crippen LogP contribution in [0.3, 0.4) is 0 Å². The van der Waals surface area contributed by atoms with E-state index in [-0.39, 0.29) is 0 Å². The monoisotopic (exact) mass is 409 g/mol. The Balaban J connectivity index is 1.46. The predicted octanol–water partition coefficient (Wildman–Crippen LogP) is 5.21. The molecule has 0 spiro atoms. The molecule has 1 aromatic heterocycles. The van der Waals surface area contributed by atoms with Crippen molar-refractivity contribution >= 4 is 41.2 Å².